The topological polar surface area (TPSA) is 71.0 Å². The van der Waals surface area contributed by atoms with Crippen molar-refractivity contribution in [1.29, 1.82) is 0 Å². The molecule has 0 N–H and O–H groups in total. The van der Waals surface area contributed by atoms with Crippen molar-refractivity contribution < 1.29 is 4.74 Å². The van der Waals surface area contributed by atoms with Gasteiger partial charge in [0.05, 0.1) is 13.7 Å². The molecule has 0 aliphatic rings. The van der Waals surface area contributed by atoms with E-state index in [0.717, 1.165) is 10.1 Å². The minimum atomic E-state index is -0.520. The van der Waals surface area contributed by atoms with Crippen molar-refractivity contribution in [1.82, 2.24) is 18.7 Å². The van der Waals surface area contributed by atoms with E-state index >= 15 is 0 Å². The second kappa shape index (κ2) is 6.42. The Balaban J connectivity index is 2.19. The van der Waals surface area contributed by atoms with Crippen molar-refractivity contribution >= 4 is 11.2 Å². The van der Waals surface area contributed by atoms with Gasteiger partial charge in [-0.05, 0) is 24.1 Å². The van der Waals surface area contributed by atoms with Gasteiger partial charge in [0.2, 0.25) is 0 Å². The van der Waals surface area contributed by atoms with Crippen LogP contribution in [0.1, 0.15) is 5.56 Å². The van der Waals surface area contributed by atoms with Crippen LogP contribution in [0.3, 0.4) is 0 Å². The van der Waals surface area contributed by atoms with Crippen LogP contribution in [0.15, 0.2) is 40.2 Å². The molecule has 0 spiro atoms. The maximum absolute atomic E-state index is 12.6. The quantitative estimate of drug-likeness (QED) is 0.636. The van der Waals surface area contributed by atoms with E-state index in [4.69, 9.17) is 11.2 Å². The zero-order chi connectivity index (χ0) is 18.0. The summed E-state index contributed by atoms with van der Waals surface area (Å²) in [4.78, 5) is 28.9. The maximum Gasteiger partial charge on any atom is 0.333 e. The lowest BCUT2D eigenvalue weighted by molar-refractivity contribution is 0.414. The van der Waals surface area contributed by atoms with Gasteiger partial charge in [-0.2, -0.15) is 0 Å². The van der Waals surface area contributed by atoms with Crippen molar-refractivity contribution in [2.75, 3.05) is 7.11 Å². The number of aryl methyl sites for hydroxylation is 1. The van der Waals surface area contributed by atoms with E-state index in [-0.39, 0.29) is 17.7 Å². The molecular weight excluding hydrogens is 320 g/mol. The van der Waals surface area contributed by atoms with E-state index in [1.165, 1.54) is 22.5 Å². The van der Waals surface area contributed by atoms with Crippen LogP contribution in [0.25, 0.3) is 11.2 Å². The van der Waals surface area contributed by atoms with E-state index in [9.17, 15) is 9.59 Å². The number of benzene rings is 1. The lowest BCUT2D eigenvalue weighted by Crippen LogP contribution is -2.39. The molecule has 0 atom stereocenters. The minimum absolute atomic E-state index is 0.115. The fraction of sp³-hybridized carbons (Fsp3) is 0.167. The van der Waals surface area contributed by atoms with Gasteiger partial charge in [-0.15, -0.1) is 6.42 Å². The monoisotopic (exact) mass is 334 g/mol. The van der Waals surface area contributed by atoms with Crippen LogP contribution in [0.2, 0.25) is 0 Å². The number of hydrogen-bond acceptors (Lipinski definition) is 4. The summed E-state index contributed by atoms with van der Waals surface area (Å²) < 4.78 is 8.80. The van der Waals surface area contributed by atoms with Crippen molar-refractivity contribution in [2.24, 2.45) is 7.05 Å². The number of terminal acetylenes is 1. The average Bonchev–Trinajstić information content (AvgIpc) is 3.06. The Bertz CT molecular complexity index is 1180. The third kappa shape index (κ3) is 2.79. The highest BCUT2D eigenvalue weighted by atomic mass is 16.5. The van der Waals surface area contributed by atoms with Crippen LogP contribution >= 0.6 is 0 Å². The molecule has 0 amide bonds. The molecule has 0 aliphatic heterocycles. The molecule has 0 bridgehead atoms. The standard InChI is InChI=1S/C18H14N4O3/c1-4-9-22-17(23)15-16(20(2)18(22)24)19-12-21(15)10-8-13-6-5-7-14(11-13)25-3/h1,5-7,11-12H,9H2,2-3H3. The predicted molar refractivity (Wildman–Crippen MR) is 93.3 cm³/mol. The van der Waals surface area contributed by atoms with Gasteiger partial charge in [0, 0.05) is 18.7 Å². The fourth-order valence-electron chi connectivity index (χ4n) is 2.41. The molecule has 7 heteroatoms. The first-order valence-electron chi connectivity index (χ1n) is 7.33. The Hall–Kier alpha value is -3.71. The van der Waals surface area contributed by atoms with Crippen LogP contribution in [0.5, 0.6) is 5.75 Å². The molecule has 124 valence electrons. The van der Waals surface area contributed by atoms with Gasteiger partial charge in [-0.25, -0.2) is 18.9 Å². The molecule has 3 rings (SSSR count). The zero-order valence-electron chi connectivity index (χ0n) is 13.7. The number of nitrogens with zero attached hydrogens (tertiary/aromatic N) is 4. The van der Waals surface area contributed by atoms with Crippen molar-refractivity contribution in [3.8, 4) is 30.1 Å². The normalized spacial score (nSPS) is 10.1. The van der Waals surface area contributed by atoms with E-state index in [1.54, 1.807) is 13.2 Å². The first kappa shape index (κ1) is 16.2. The Morgan fingerprint density at radius 2 is 2.12 bits per heavy atom. The summed E-state index contributed by atoms with van der Waals surface area (Å²) in [7, 11) is 3.11. The first-order valence-corrected chi connectivity index (χ1v) is 7.33. The molecule has 0 fully saturated rings. The zero-order valence-corrected chi connectivity index (χ0v) is 13.7. The molecule has 0 saturated carbocycles. The summed E-state index contributed by atoms with van der Waals surface area (Å²) in [6.45, 7) is -0.115. The SMILES string of the molecule is C#CCn1c(=O)c2c(ncn2C#Cc2cccc(OC)c2)n(C)c1=O. The lowest BCUT2D eigenvalue weighted by Gasteiger charge is -2.04. The Morgan fingerprint density at radius 1 is 1.32 bits per heavy atom. The molecule has 25 heavy (non-hydrogen) atoms. The molecule has 0 aliphatic carbocycles. The molecule has 0 radical (unpaired) electrons. The summed E-state index contributed by atoms with van der Waals surface area (Å²) in [5.41, 5.74) is 0.140. The van der Waals surface area contributed by atoms with Gasteiger partial charge >= 0.3 is 5.69 Å². The van der Waals surface area contributed by atoms with Crippen LogP contribution in [0, 0.1) is 24.3 Å². The molecule has 0 saturated heterocycles. The molecule has 1 aromatic carbocycles. The number of aromatic nitrogens is 4. The largest absolute Gasteiger partial charge is 0.497 e. The average molecular weight is 334 g/mol. The summed E-state index contributed by atoms with van der Waals surface area (Å²) >= 11 is 0. The van der Waals surface area contributed by atoms with Gasteiger partial charge in [0.15, 0.2) is 11.2 Å². The van der Waals surface area contributed by atoms with E-state index in [2.05, 4.69) is 22.9 Å². The maximum atomic E-state index is 12.6. The molecule has 7 nitrogen and oxygen atoms in total. The first-order chi connectivity index (χ1) is 12.1. The van der Waals surface area contributed by atoms with Crippen molar-refractivity contribution in [2.45, 2.75) is 6.54 Å². The third-order valence-corrected chi connectivity index (χ3v) is 3.67. The molecular formula is C18H14N4O3. The molecule has 3 aromatic rings. The van der Waals surface area contributed by atoms with E-state index < -0.39 is 11.2 Å². The number of ether oxygens (including phenoxy) is 1. The van der Waals surface area contributed by atoms with Crippen LogP contribution in [0.4, 0.5) is 0 Å². The number of imidazole rings is 1. The highest BCUT2D eigenvalue weighted by molar-refractivity contribution is 5.71. The van der Waals surface area contributed by atoms with Crippen molar-refractivity contribution in [3.05, 3.63) is 57.0 Å². The van der Waals surface area contributed by atoms with Gasteiger partial charge in [0.1, 0.15) is 12.1 Å². The van der Waals surface area contributed by atoms with Gasteiger partial charge in [0.25, 0.3) is 5.56 Å². The second-order valence-corrected chi connectivity index (χ2v) is 5.19. The number of rotatable bonds is 2. The molecule has 2 heterocycles. The number of methoxy groups -OCH3 is 1. The summed E-state index contributed by atoms with van der Waals surface area (Å²) in [5, 5.41) is 0. The van der Waals surface area contributed by atoms with E-state index in [0.29, 0.717) is 5.75 Å². The number of hydrogen-bond donors (Lipinski definition) is 0. The summed E-state index contributed by atoms with van der Waals surface area (Å²) in [5.74, 6) is 5.94. The van der Waals surface area contributed by atoms with E-state index in [1.807, 2.05) is 18.2 Å². The Kier molecular flexibility index (Phi) is 4.15. The fourth-order valence-corrected chi connectivity index (χ4v) is 2.41. The number of fused-ring (bicyclic) bond motifs is 1. The molecule has 2 aromatic heterocycles. The molecule has 0 unspecified atom stereocenters. The van der Waals surface area contributed by atoms with Gasteiger partial charge in [-0.1, -0.05) is 12.0 Å². The van der Waals surface area contributed by atoms with Gasteiger partial charge in [-0.3, -0.25) is 9.36 Å². The van der Waals surface area contributed by atoms with Crippen LogP contribution in [-0.4, -0.2) is 25.8 Å². The van der Waals surface area contributed by atoms with Crippen molar-refractivity contribution in [3.63, 3.8) is 0 Å². The Morgan fingerprint density at radius 3 is 2.84 bits per heavy atom. The lowest BCUT2D eigenvalue weighted by atomic mass is 10.2. The minimum Gasteiger partial charge on any atom is -0.497 e. The summed E-state index contributed by atoms with van der Waals surface area (Å²) in [6.07, 6.45) is 6.65. The smallest absolute Gasteiger partial charge is 0.333 e. The highest BCUT2D eigenvalue weighted by Gasteiger charge is 2.14. The van der Waals surface area contributed by atoms with Gasteiger partial charge < -0.3 is 4.74 Å². The van der Waals surface area contributed by atoms with Crippen LogP contribution in [-0.2, 0) is 13.6 Å². The second-order valence-electron chi connectivity index (χ2n) is 5.19. The third-order valence-electron chi connectivity index (χ3n) is 3.67. The summed E-state index contributed by atoms with van der Waals surface area (Å²) in [6, 6.07) is 10.1. The van der Waals surface area contributed by atoms with Crippen LogP contribution < -0.4 is 16.0 Å². The predicted octanol–water partition coefficient (Wildman–Crippen LogP) is 0.396. The Labute approximate surface area is 143 Å². The highest BCUT2D eigenvalue weighted by Crippen LogP contribution is 2.11.